The second-order valence-electron chi connectivity index (χ2n) is 7.30. The standard InChI is InChI=1S/C23H23FN8O3/c1-3-35-18-11-15(16(24)12-17(18)34-2)19(29-14-7-5-13(6-8-14)20(25)26)21-30-23(33)32(31-21)22-27-9-4-10-28-22/h4-12,19,29H,3H2,1-2H3,(H3,25,26)(H,30,31,33). The van der Waals surface area contributed by atoms with E-state index in [-0.39, 0.29) is 28.9 Å². The fraction of sp³-hybridized carbons (Fsp3) is 0.174. The lowest BCUT2D eigenvalue weighted by Crippen LogP contribution is -2.18. The summed E-state index contributed by atoms with van der Waals surface area (Å²) in [6.07, 6.45) is 2.96. The molecular weight excluding hydrogens is 455 g/mol. The number of methoxy groups -OCH3 is 1. The average Bonchev–Trinajstić information content (AvgIpc) is 3.25. The van der Waals surface area contributed by atoms with Crippen LogP contribution in [0.4, 0.5) is 10.1 Å². The Bertz CT molecular complexity index is 1390. The summed E-state index contributed by atoms with van der Waals surface area (Å²) in [7, 11) is 1.42. The minimum Gasteiger partial charge on any atom is -0.493 e. The Morgan fingerprint density at radius 1 is 1.23 bits per heavy atom. The number of nitrogens with two attached hydrogens (primary N) is 1. The molecule has 1 atom stereocenters. The number of rotatable bonds is 9. The molecule has 0 amide bonds. The van der Waals surface area contributed by atoms with Gasteiger partial charge < -0.3 is 20.5 Å². The van der Waals surface area contributed by atoms with Crippen molar-refractivity contribution >= 4 is 11.5 Å². The molecule has 0 aliphatic heterocycles. The van der Waals surface area contributed by atoms with Crippen LogP contribution in [0.15, 0.2) is 59.7 Å². The summed E-state index contributed by atoms with van der Waals surface area (Å²) >= 11 is 0. The van der Waals surface area contributed by atoms with E-state index in [1.54, 1.807) is 37.3 Å². The maximum Gasteiger partial charge on any atom is 0.350 e. The molecule has 0 saturated carbocycles. The maximum absolute atomic E-state index is 15.3. The molecule has 2 heterocycles. The Labute approximate surface area is 199 Å². The second kappa shape index (κ2) is 10.0. The van der Waals surface area contributed by atoms with Crippen LogP contribution >= 0.6 is 0 Å². The van der Waals surface area contributed by atoms with Crippen molar-refractivity contribution in [2.75, 3.05) is 19.0 Å². The first-order valence-electron chi connectivity index (χ1n) is 10.6. The molecule has 0 saturated heterocycles. The number of hydrogen-bond donors (Lipinski definition) is 4. The molecule has 0 aliphatic rings. The zero-order valence-corrected chi connectivity index (χ0v) is 18.9. The van der Waals surface area contributed by atoms with Gasteiger partial charge >= 0.3 is 5.69 Å². The molecule has 1 unspecified atom stereocenters. The zero-order chi connectivity index (χ0) is 24.9. The third-order valence-corrected chi connectivity index (χ3v) is 5.05. The largest absolute Gasteiger partial charge is 0.493 e. The van der Waals surface area contributed by atoms with Crippen LogP contribution in [-0.2, 0) is 0 Å². The number of amidine groups is 1. The highest BCUT2D eigenvalue weighted by Gasteiger charge is 2.26. The van der Waals surface area contributed by atoms with Crippen LogP contribution in [-0.4, -0.2) is 44.3 Å². The number of ether oxygens (including phenoxy) is 2. The summed E-state index contributed by atoms with van der Waals surface area (Å²) in [5, 5.41) is 15.1. The van der Waals surface area contributed by atoms with Gasteiger partial charge in [0.1, 0.15) is 17.7 Å². The molecule has 4 aromatic rings. The van der Waals surface area contributed by atoms with Gasteiger partial charge in [0.25, 0.3) is 5.95 Å². The van der Waals surface area contributed by atoms with Gasteiger partial charge in [-0.15, -0.1) is 9.78 Å². The number of aromatic nitrogens is 5. The summed E-state index contributed by atoms with van der Waals surface area (Å²) in [5.74, 6) is 0.0585. The second-order valence-corrected chi connectivity index (χ2v) is 7.30. The van der Waals surface area contributed by atoms with Gasteiger partial charge in [-0.3, -0.25) is 10.4 Å². The summed E-state index contributed by atoms with van der Waals surface area (Å²) in [6.45, 7) is 2.14. The highest BCUT2D eigenvalue weighted by Crippen LogP contribution is 2.35. The Morgan fingerprint density at radius 3 is 2.57 bits per heavy atom. The molecule has 2 aromatic heterocycles. The Kier molecular flexibility index (Phi) is 6.71. The van der Waals surface area contributed by atoms with E-state index in [0.717, 1.165) is 4.68 Å². The van der Waals surface area contributed by atoms with Crippen molar-refractivity contribution in [3.8, 4) is 17.4 Å². The minimum atomic E-state index is -0.944. The van der Waals surface area contributed by atoms with Gasteiger partial charge in [-0.05, 0) is 43.3 Å². The van der Waals surface area contributed by atoms with E-state index >= 15 is 4.39 Å². The number of nitrogen functional groups attached to an aromatic ring is 1. The Balaban J connectivity index is 1.83. The Morgan fingerprint density at radius 2 is 1.94 bits per heavy atom. The number of anilines is 1. The predicted octanol–water partition coefficient (Wildman–Crippen LogP) is 2.38. The lowest BCUT2D eigenvalue weighted by atomic mass is 10.0. The van der Waals surface area contributed by atoms with E-state index < -0.39 is 17.5 Å². The molecular formula is C23H23FN8O3. The quantitative estimate of drug-likeness (QED) is 0.211. The SMILES string of the molecule is CCOc1cc(C(Nc2ccc(C(=N)N)cc2)c2nn(-c3ncccn3)c(=O)[nH]2)c(F)cc1OC. The topological polar surface area (TPSA) is 157 Å². The first-order valence-corrected chi connectivity index (χ1v) is 10.6. The van der Waals surface area contributed by atoms with Crippen LogP contribution in [0, 0.1) is 11.2 Å². The van der Waals surface area contributed by atoms with Crippen molar-refractivity contribution in [2.24, 2.45) is 5.73 Å². The van der Waals surface area contributed by atoms with Gasteiger partial charge in [0.2, 0.25) is 0 Å². The molecule has 0 radical (unpaired) electrons. The predicted molar refractivity (Wildman–Crippen MR) is 127 cm³/mol. The fourth-order valence-electron chi connectivity index (χ4n) is 3.41. The van der Waals surface area contributed by atoms with Crippen molar-refractivity contribution in [2.45, 2.75) is 13.0 Å². The number of aromatic amines is 1. The number of nitrogens with zero attached hydrogens (tertiary/aromatic N) is 4. The van der Waals surface area contributed by atoms with Gasteiger partial charge in [0.15, 0.2) is 17.3 Å². The summed E-state index contributed by atoms with van der Waals surface area (Å²) < 4.78 is 27.2. The molecule has 11 nitrogen and oxygen atoms in total. The molecule has 0 bridgehead atoms. The summed E-state index contributed by atoms with van der Waals surface area (Å²) in [4.78, 5) is 23.4. The molecule has 2 aromatic carbocycles. The molecule has 4 rings (SSSR count). The van der Waals surface area contributed by atoms with Crippen molar-refractivity contribution in [3.63, 3.8) is 0 Å². The number of benzene rings is 2. The van der Waals surface area contributed by atoms with Gasteiger partial charge in [-0.1, -0.05) is 0 Å². The van der Waals surface area contributed by atoms with Crippen molar-refractivity contribution in [3.05, 3.63) is 88.1 Å². The summed E-state index contributed by atoms with van der Waals surface area (Å²) in [5.41, 5.74) is 6.19. The van der Waals surface area contributed by atoms with Gasteiger partial charge in [-0.2, -0.15) is 0 Å². The lowest BCUT2D eigenvalue weighted by molar-refractivity contribution is 0.308. The van der Waals surface area contributed by atoms with Crippen LogP contribution in [0.1, 0.15) is 29.9 Å². The maximum atomic E-state index is 15.3. The highest BCUT2D eigenvalue weighted by atomic mass is 19.1. The van der Waals surface area contributed by atoms with E-state index in [1.807, 2.05) is 0 Å². The highest BCUT2D eigenvalue weighted by molar-refractivity contribution is 5.95. The third kappa shape index (κ3) is 4.95. The van der Waals surface area contributed by atoms with Crippen molar-refractivity contribution in [1.29, 1.82) is 5.41 Å². The van der Waals surface area contributed by atoms with Crippen LogP contribution in [0.3, 0.4) is 0 Å². The number of hydrogen-bond acceptors (Lipinski definition) is 8. The smallest absolute Gasteiger partial charge is 0.350 e. The van der Waals surface area contributed by atoms with Crippen LogP contribution in [0.25, 0.3) is 5.95 Å². The van der Waals surface area contributed by atoms with E-state index in [0.29, 0.717) is 23.6 Å². The number of nitrogens with one attached hydrogen (secondary N) is 3. The van der Waals surface area contributed by atoms with Crippen LogP contribution in [0.2, 0.25) is 0 Å². The molecule has 0 spiro atoms. The number of H-pyrrole nitrogens is 1. The van der Waals surface area contributed by atoms with Crippen molar-refractivity contribution < 1.29 is 13.9 Å². The Hall–Kier alpha value is -4.74. The minimum absolute atomic E-state index is 0.0646. The molecule has 0 fully saturated rings. The zero-order valence-electron chi connectivity index (χ0n) is 18.9. The van der Waals surface area contributed by atoms with Gasteiger partial charge in [0.05, 0.1) is 13.7 Å². The van der Waals surface area contributed by atoms with E-state index in [9.17, 15) is 4.79 Å². The van der Waals surface area contributed by atoms with E-state index in [2.05, 4.69) is 25.4 Å². The fourth-order valence-corrected chi connectivity index (χ4v) is 3.41. The van der Waals surface area contributed by atoms with Crippen molar-refractivity contribution in [1.82, 2.24) is 24.7 Å². The van der Waals surface area contributed by atoms with Gasteiger partial charge in [-0.25, -0.2) is 19.2 Å². The third-order valence-electron chi connectivity index (χ3n) is 5.05. The first-order chi connectivity index (χ1) is 16.9. The average molecular weight is 478 g/mol. The number of halogens is 1. The van der Waals surface area contributed by atoms with E-state index in [1.165, 1.54) is 31.6 Å². The van der Waals surface area contributed by atoms with Crippen LogP contribution < -0.4 is 26.2 Å². The lowest BCUT2D eigenvalue weighted by Gasteiger charge is -2.21. The monoisotopic (exact) mass is 478 g/mol. The molecule has 5 N–H and O–H groups in total. The van der Waals surface area contributed by atoms with Crippen LogP contribution in [0.5, 0.6) is 11.5 Å². The normalized spacial score (nSPS) is 11.6. The molecule has 0 aliphatic carbocycles. The molecule has 180 valence electrons. The molecule has 12 heteroatoms. The molecule has 35 heavy (non-hydrogen) atoms. The summed E-state index contributed by atoms with van der Waals surface area (Å²) in [6, 6.07) is 10.0. The van der Waals surface area contributed by atoms with E-state index in [4.69, 9.17) is 20.6 Å². The first kappa shape index (κ1) is 23.4. The van der Waals surface area contributed by atoms with Gasteiger partial charge in [0, 0.05) is 35.3 Å².